The molecule has 1 atom stereocenters. The highest BCUT2D eigenvalue weighted by atomic mass is 16.7. The minimum absolute atomic E-state index is 0.164. The van der Waals surface area contributed by atoms with Gasteiger partial charge in [0.25, 0.3) is 11.6 Å². The lowest BCUT2D eigenvalue weighted by atomic mass is 10.0. The Bertz CT molecular complexity index is 1030. The van der Waals surface area contributed by atoms with Gasteiger partial charge in [0, 0.05) is 5.69 Å². The van der Waals surface area contributed by atoms with Crippen molar-refractivity contribution in [1.29, 1.82) is 0 Å². The van der Waals surface area contributed by atoms with E-state index in [9.17, 15) is 4.79 Å². The number of nitrogens with one attached hydrogen (secondary N) is 1. The van der Waals surface area contributed by atoms with Crippen LogP contribution < -0.4 is 14.8 Å². The summed E-state index contributed by atoms with van der Waals surface area (Å²) in [5.74, 6) is 1.38. The molecule has 3 aromatic rings. The number of ether oxygens (including phenoxy) is 2. The van der Waals surface area contributed by atoms with Gasteiger partial charge in [-0.2, -0.15) is 0 Å². The van der Waals surface area contributed by atoms with Gasteiger partial charge in [-0.1, -0.05) is 25.1 Å². The van der Waals surface area contributed by atoms with E-state index in [2.05, 4.69) is 15.5 Å². The number of carbonyl (C=O) groups excluding carboxylic acids is 1. The van der Waals surface area contributed by atoms with Crippen LogP contribution in [0, 0.1) is 6.92 Å². The molecule has 7 nitrogen and oxygen atoms in total. The minimum Gasteiger partial charge on any atom is -0.454 e. The summed E-state index contributed by atoms with van der Waals surface area (Å²) in [7, 11) is 0. The van der Waals surface area contributed by atoms with E-state index >= 15 is 0 Å². The van der Waals surface area contributed by atoms with Gasteiger partial charge in [0.15, 0.2) is 11.5 Å². The number of benzene rings is 1. The molecule has 0 aliphatic carbocycles. The molecule has 0 radical (unpaired) electrons. The number of rotatable bonds is 4. The summed E-state index contributed by atoms with van der Waals surface area (Å²) >= 11 is 0. The number of hydrogen-bond acceptors (Lipinski definition) is 6. The molecular weight excluding hydrogens is 346 g/mol. The zero-order valence-electron chi connectivity index (χ0n) is 15.7. The molecule has 1 aliphatic rings. The molecule has 1 N–H and O–H groups in total. The Balaban J connectivity index is 1.65. The zero-order chi connectivity index (χ0) is 19.1. The maximum atomic E-state index is 13.0. The van der Waals surface area contributed by atoms with Crippen LogP contribution in [-0.2, 0) is 0 Å². The number of pyridine rings is 1. The average Bonchev–Trinajstić information content (AvgIpc) is 3.26. The summed E-state index contributed by atoms with van der Waals surface area (Å²) in [6, 6.07) is 7.27. The monoisotopic (exact) mass is 367 g/mol. The van der Waals surface area contributed by atoms with Crippen LogP contribution in [0.4, 0.5) is 0 Å². The van der Waals surface area contributed by atoms with Crippen LogP contribution >= 0.6 is 0 Å². The highest BCUT2D eigenvalue weighted by molar-refractivity contribution is 6.06. The van der Waals surface area contributed by atoms with Crippen molar-refractivity contribution in [1.82, 2.24) is 15.5 Å². The van der Waals surface area contributed by atoms with E-state index in [0.29, 0.717) is 28.1 Å². The summed E-state index contributed by atoms with van der Waals surface area (Å²) in [5, 5.41) is 7.66. The number of aryl methyl sites for hydroxylation is 1. The quantitative estimate of drug-likeness (QED) is 0.753. The van der Waals surface area contributed by atoms with Crippen molar-refractivity contribution in [3.8, 4) is 11.5 Å². The van der Waals surface area contributed by atoms with Gasteiger partial charge in [0.2, 0.25) is 6.79 Å². The average molecular weight is 367 g/mol. The molecule has 7 heteroatoms. The van der Waals surface area contributed by atoms with Crippen molar-refractivity contribution >= 4 is 17.0 Å². The normalized spacial score (nSPS) is 14.0. The third kappa shape index (κ3) is 3.09. The first-order chi connectivity index (χ1) is 12.9. The molecule has 3 heterocycles. The Labute approximate surface area is 156 Å². The second-order valence-electron chi connectivity index (χ2n) is 7.01. The lowest BCUT2D eigenvalue weighted by Gasteiger charge is -2.16. The molecule has 1 aromatic carbocycles. The van der Waals surface area contributed by atoms with Crippen molar-refractivity contribution in [2.75, 3.05) is 6.79 Å². The summed E-state index contributed by atoms with van der Waals surface area (Å²) < 4.78 is 16.1. The van der Waals surface area contributed by atoms with Crippen molar-refractivity contribution in [3.05, 3.63) is 46.8 Å². The zero-order valence-corrected chi connectivity index (χ0v) is 15.7. The fraction of sp³-hybridized carbons (Fsp3) is 0.350. The molecule has 0 saturated heterocycles. The lowest BCUT2D eigenvalue weighted by molar-refractivity contribution is 0.0941. The van der Waals surface area contributed by atoms with Crippen molar-refractivity contribution < 1.29 is 18.8 Å². The van der Waals surface area contributed by atoms with E-state index in [1.807, 2.05) is 45.0 Å². The highest BCUT2D eigenvalue weighted by Gasteiger charge is 2.22. The number of nitrogens with zero attached hydrogens (tertiary/aromatic N) is 2. The Kier molecular flexibility index (Phi) is 4.22. The number of fused-ring (bicyclic) bond motifs is 2. The van der Waals surface area contributed by atoms with E-state index in [-0.39, 0.29) is 24.7 Å². The van der Waals surface area contributed by atoms with Gasteiger partial charge in [-0.05, 0) is 43.5 Å². The van der Waals surface area contributed by atoms with Crippen LogP contribution in [0.1, 0.15) is 60.0 Å². The fourth-order valence-electron chi connectivity index (χ4n) is 3.13. The molecule has 27 heavy (non-hydrogen) atoms. The number of aromatic nitrogens is 2. The first-order valence-corrected chi connectivity index (χ1v) is 8.91. The Morgan fingerprint density at radius 1 is 1.15 bits per heavy atom. The van der Waals surface area contributed by atoms with Crippen molar-refractivity contribution in [2.24, 2.45) is 0 Å². The molecule has 1 unspecified atom stereocenters. The third-order valence-electron chi connectivity index (χ3n) is 4.72. The molecule has 4 rings (SSSR count). The van der Waals surface area contributed by atoms with Crippen LogP contribution in [0.5, 0.6) is 11.5 Å². The third-order valence-corrected chi connectivity index (χ3v) is 4.72. The molecule has 0 bridgehead atoms. The van der Waals surface area contributed by atoms with Gasteiger partial charge >= 0.3 is 0 Å². The lowest BCUT2D eigenvalue weighted by Crippen LogP contribution is -2.27. The summed E-state index contributed by atoms with van der Waals surface area (Å²) in [6.45, 7) is 8.00. The van der Waals surface area contributed by atoms with E-state index in [1.165, 1.54) is 0 Å². The van der Waals surface area contributed by atoms with Crippen LogP contribution in [-0.4, -0.2) is 22.8 Å². The Hall–Kier alpha value is -3.09. The van der Waals surface area contributed by atoms with Gasteiger partial charge < -0.3 is 19.3 Å². The minimum atomic E-state index is -0.210. The van der Waals surface area contributed by atoms with Gasteiger partial charge in [-0.15, -0.1) is 0 Å². The van der Waals surface area contributed by atoms with E-state index in [0.717, 1.165) is 17.0 Å². The van der Waals surface area contributed by atoms with Gasteiger partial charge in [0.1, 0.15) is 0 Å². The maximum absolute atomic E-state index is 13.0. The molecule has 0 spiro atoms. The molecule has 140 valence electrons. The predicted molar refractivity (Wildman–Crippen MR) is 99.1 cm³/mol. The summed E-state index contributed by atoms with van der Waals surface area (Å²) in [4.78, 5) is 17.5. The first kappa shape index (κ1) is 17.3. The second kappa shape index (κ2) is 6.57. The van der Waals surface area contributed by atoms with Gasteiger partial charge in [-0.3, -0.25) is 4.79 Å². The van der Waals surface area contributed by atoms with Crippen LogP contribution in [0.15, 0.2) is 28.8 Å². The second-order valence-corrected chi connectivity index (χ2v) is 7.01. The topological polar surface area (TPSA) is 86.5 Å². The predicted octanol–water partition coefficient (Wildman–Crippen LogP) is 3.87. The Morgan fingerprint density at radius 3 is 2.70 bits per heavy atom. The SMILES string of the molecule is Cc1noc2nc(C(C)C)cc(C(=O)NC(C)c3ccc4c(c3)OCO4)c12. The van der Waals surface area contributed by atoms with E-state index < -0.39 is 0 Å². The van der Waals surface area contributed by atoms with Gasteiger partial charge in [-0.25, -0.2) is 4.98 Å². The largest absolute Gasteiger partial charge is 0.454 e. The summed E-state index contributed by atoms with van der Waals surface area (Å²) in [6.07, 6.45) is 0. The first-order valence-electron chi connectivity index (χ1n) is 8.91. The van der Waals surface area contributed by atoms with E-state index in [4.69, 9.17) is 14.0 Å². The number of hydrogen-bond donors (Lipinski definition) is 1. The van der Waals surface area contributed by atoms with E-state index in [1.54, 1.807) is 6.92 Å². The molecule has 1 aliphatic heterocycles. The highest BCUT2D eigenvalue weighted by Crippen LogP contribution is 2.34. The van der Waals surface area contributed by atoms with Crippen LogP contribution in [0.3, 0.4) is 0 Å². The summed E-state index contributed by atoms with van der Waals surface area (Å²) in [5.41, 5.74) is 3.28. The Morgan fingerprint density at radius 2 is 1.93 bits per heavy atom. The smallest absolute Gasteiger partial charge is 0.259 e. The van der Waals surface area contributed by atoms with Crippen LogP contribution in [0.25, 0.3) is 11.1 Å². The molecule has 2 aromatic heterocycles. The molecule has 0 fully saturated rings. The van der Waals surface area contributed by atoms with Crippen molar-refractivity contribution in [2.45, 2.75) is 39.7 Å². The number of carbonyl (C=O) groups is 1. The van der Waals surface area contributed by atoms with Crippen LogP contribution in [0.2, 0.25) is 0 Å². The fourth-order valence-corrected chi connectivity index (χ4v) is 3.13. The number of amides is 1. The maximum Gasteiger partial charge on any atom is 0.259 e. The standard InChI is InChI=1S/C20H21N3O4/c1-10(2)15-8-14(18-12(4)23-27-20(18)22-15)19(24)21-11(3)13-5-6-16-17(7-13)26-9-25-16/h5-8,10-11H,9H2,1-4H3,(H,21,24). The molecular formula is C20H21N3O4. The van der Waals surface area contributed by atoms with Crippen molar-refractivity contribution in [3.63, 3.8) is 0 Å². The molecule has 1 amide bonds. The van der Waals surface area contributed by atoms with Gasteiger partial charge in [0.05, 0.1) is 22.7 Å². The molecule has 0 saturated carbocycles.